The van der Waals surface area contributed by atoms with Crippen molar-refractivity contribution in [1.29, 1.82) is 0 Å². The third-order valence-corrected chi connectivity index (χ3v) is 13.1. The summed E-state index contributed by atoms with van der Waals surface area (Å²) in [5.74, 6) is 1.07. The van der Waals surface area contributed by atoms with Gasteiger partial charge in [-0.05, 0) is 99.3 Å². The molecule has 16 heteroatoms. The van der Waals surface area contributed by atoms with Crippen molar-refractivity contribution in [2.75, 3.05) is 67.5 Å². The van der Waals surface area contributed by atoms with Crippen LogP contribution in [0.3, 0.4) is 0 Å². The van der Waals surface area contributed by atoms with E-state index >= 15 is 4.39 Å². The number of hydrogen-bond donors (Lipinski definition) is 2. The molecule has 54 heavy (non-hydrogen) atoms. The van der Waals surface area contributed by atoms with Crippen LogP contribution in [0.2, 0.25) is 5.02 Å². The maximum atomic E-state index is 15.7. The van der Waals surface area contributed by atoms with E-state index < -0.39 is 17.0 Å². The number of nitrogens with one attached hydrogen (secondary N) is 2. The predicted molar refractivity (Wildman–Crippen MR) is 208 cm³/mol. The maximum absolute atomic E-state index is 15.7. The Morgan fingerprint density at radius 2 is 1.69 bits per heavy atom. The molecule has 4 aliphatic rings. The van der Waals surface area contributed by atoms with Gasteiger partial charge in [0.2, 0.25) is 11.9 Å². The van der Waals surface area contributed by atoms with Gasteiger partial charge in [0.15, 0.2) is 5.82 Å². The lowest BCUT2D eigenvalue weighted by Crippen LogP contribution is -2.49. The lowest BCUT2D eigenvalue weighted by atomic mass is 9.87. The van der Waals surface area contributed by atoms with Crippen molar-refractivity contribution in [3.63, 3.8) is 0 Å². The van der Waals surface area contributed by atoms with Crippen molar-refractivity contribution >= 4 is 62.9 Å². The summed E-state index contributed by atoms with van der Waals surface area (Å²) in [6.07, 6.45) is 9.03. The van der Waals surface area contributed by atoms with Gasteiger partial charge in [-0.15, -0.1) is 0 Å². The van der Waals surface area contributed by atoms with Gasteiger partial charge in [0, 0.05) is 69.9 Å². The highest BCUT2D eigenvalue weighted by atomic mass is 35.5. The summed E-state index contributed by atoms with van der Waals surface area (Å²) in [6, 6.07) is 11.3. The zero-order valence-electron chi connectivity index (χ0n) is 30.4. The number of fused-ring (bicyclic) bond motifs is 1. The highest BCUT2D eigenvalue weighted by molar-refractivity contribution is 7.82. The van der Waals surface area contributed by atoms with Crippen LogP contribution in [0.15, 0.2) is 53.7 Å². The first-order valence-corrected chi connectivity index (χ1v) is 20.4. The molecule has 2 aromatic carbocycles. The average molecular weight is 777 g/mol. The highest BCUT2D eigenvalue weighted by Crippen LogP contribution is 2.36. The van der Waals surface area contributed by atoms with Gasteiger partial charge in [-0.3, -0.25) is 19.7 Å². The number of hydrogen-bond acceptors (Lipinski definition) is 9. The lowest BCUT2D eigenvalue weighted by molar-refractivity contribution is -0.120. The van der Waals surface area contributed by atoms with Crippen LogP contribution in [0.1, 0.15) is 56.4 Å². The minimum Gasteiger partial charge on any atom is -0.371 e. The monoisotopic (exact) mass is 776 g/mol. The SMILES string of the molecule is Cn1nc(N2CCC(=O)NC2=O)c2cc(F)c(C3CCN(CC4CCN(c5cccc(S(=O)N6CCC(Nc7ncc(Cl)cn7)CC6)c5)CC4)CC3)cc21. The molecule has 2 N–H and O–H groups in total. The Morgan fingerprint density at radius 3 is 2.41 bits per heavy atom. The van der Waals surface area contributed by atoms with E-state index in [-0.39, 0.29) is 36.6 Å². The fraction of sp³-hybridized carbons (Fsp3) is 0.500. The number of piperidine rings is 3. The largest absolute Gasteiger partial charge is 0.371 e. The Morgan fingerprint density at radius 1 is 0.944 bits per heavy atom. The second-order valence-electron chi connectivity index (χ2n) is 14.9. The quantitative estimate of drug-likeness (QED) is 0.233. The number of imide groups is 1. The van der Waals surface area contributed by atoms with Crippen LogP contribution in [-0.2, 0) is 22.8 Å². The standard InChI is InChI=1S/C38H46ClFN10O3S/c1-46-34-21-31(33(40)20-32(34)36(45-46)50-18-11-35(51)44-38(50)52)26-7-12-47(13-8-26)24-25-5-14-48(15-6-25)29-3-2-4-30(19-29)54(53)49-16-9-28(10-17-49)43-37-41-22-27(39)23-42-37/h2-4,19-23,25-26,28H,5-18,24H2,1H3,(H,41,42,43)(H,44,51,52). The van der Waals surface area contributed by atoms with Crippen LogP contribution in [0.25, 0.3) is 10.9 Å². The number of aromatic nitrogens is 4. The first kappa shape index (κ1) is 36.8. The molecule has 0 radical (unpaired) electrons. The van der Waals surface area contributed by atoms with Gasteiger partial charge >= 0.3 is 6.03 Å². The molecule has 3 amide bonds. The highest BCUT2D eigenvalue weighted by Gasteiger charge is 2.31. The molecule has 6 heterocycles. The number of nitrogens with zero attached hydrogens (tertiary/aromatic N) is 8. The summed E-state index contributed by atoms with van der Waals surface area (Å²) in [7, 11) is 0.580. The second-order valence-corrected chi connectivity index (χ2v) is 16.8. The van der Waals surface area contributed by atoms with Crippen LogP contribution in [-0.4, -0.2) is 104 Å². The molecule has 4 aliphatic heterocycles. The predicted octanol–water partition coefficient (Wildman–Crippen LogP) is 5.30. The number of carbonyl (C=O) groups is 2. The van der Waals surface area contributed by atoms with Crippen molar-refractivity contribution in [3.05, 3.63) is 65.2 Å². The molecule has 0 bridgehead atoms. The average Bonchev–Trinajstić information content (AvgIpc) is 3.50. The third kappa shape index (κ3) is 7.95. The fourth-order valence-electron chi connectivity index (χ4n) is 8.39. The van der Waals surface area contributed by atoms with Crippen molar-refractivity contribution in [2.24, 2.45) is 13.0 Å². The second kappa shape index (κ2) is 15.9. The van der Waals surface area contributed by atoms with E-state index in [1.54, 1.807) is 24.1 Å². The van der Waals surface area contributed by atoms with E-state index in [0.29, 0.717) is 33.7 Å². The first-order chi connectivity index (χ1) is 26.2. The molecule has 2 aromatic heterocycles. The number of amides is 3. The number of halogens is 2. The van der Waals surface area contributed by atoms with Crippen molar-refractivity contribution in [1.82, 2.24) is 34.3 Å². The lowest BCUT2D eigenvalue weighted by Gasteiger charge is -2.38. The zero-order chi connectivity index (χ0) is 37.3. The molecular weight excluding hydrogens is 731 g/mol. The number of anilines is 3. The van der Waals surface area contributed by atoms with Crippen LogP contribution in [0.4, 0.5) is 26.6 Å². The number of rotatable bonds is 9. The van der Waals surface area contributed by atoms with E-state index in [1.807, 2.05) is 18.2 Å². The molecule has 0 spiro atoms. The number of carbonyl (C=O) groups excluding carboxylic acids is 2. The van der Waals surface area contributed by atoms with Gasteiger partial charge in [-0.2, -0.15) is 5.10 Å². The van der Waals surface area contributed by atoms with E-state index in [2.05, 4.69) is 51.9 Å². The molecule has 1 unspecified atom stereocenters. The van der Waals surface area contributed by atoms with Crippen LogP contribution in [0.5, 0.6) is 0 Å². The van der Waals surface area contributed by atoms with Gasteiger partial charge in [0.25, 0.3) is 0 Å². The Labute approximate surface area is 321 Å². The molecule has 4 saturated heterocycles. The summed E-state index contributed by atoms with van der Waals surface area (Å²) in [6.45, 7) is 6.51. The minimum atomic E-state index is -1.22. The smallest absolute Gasteiger partial charge is 0.329 e. The summed E-state index contributed by atoms with van der Waals surface area (Å²) < 4.78 is 33.0. The molecule has 4 aromatic rings. The Kier molecular flexibility index (Phi) is 10.8. The number of aryl methyl sites for hydroxylation is 1. The minimum absolute atomic E-state index is 0.117. The van der Waals surface area contributed by atoms with Gasteiger partial charge in [0.1, 0.15) is 16.8 Å². The number of likely N-dealkylation sites (tertiary alicyclic amines) is 1. The first-order valence-electron chi connectivity index (χ1n) is 18.9. The summed E-state index contributed by atoms with van der Waals surface area (Å²) in [5, 5.41) is 11.3. The van der Waals surface area contributed by atoms with Gasteiger partial charge < -0.3 is 15.1 Å². The van der Waals surface area contributed by atoms with Crippen molar-refractivity contribution < 1.29 is 18.2 Å². The van der Waals surface area contributed by atoms with Crippen molar-refractivity contribution in [2.45, 2.75) is 61.8 Å². The number of urea groups is 1. The van der Waals surface area contributed by atoms with Gasteiger partial charge in [0.05, 0.1) is 27.8 Å². The molecule has 0 saturated carbocycles. The van der Waals surface area contributed by atoms with Crippen LogP contribution < -0.4 is 20.4 Å². The number of benzene rings is 2. The molecule has 4 fully saturated rings. The van der Waals surface area contributed by atoms with Gasteiger partial charge in [-0.1, -0.05) is 17.7 Å². The molecule has 0 aliphatic carbocycles. The zero-order valence-corrected chi connectivity index (χ0v) is 32.0. The normalized spacial score (nSPS) is 20.8. The Balaban J connectivity index is 0.806. The third-order valence-electron chi connectivity index (χ3n) is 11.4. The molecular formula is C38H46ClFN10O3S. The maximum Gasteiger partial charge on any atom is 0.329 e. The molecule has 13 nitrogen and oxygen atoms in total. The van der Waals surface area contributed by atoms with Gasteiger partial charge in [-0.25, -0.2) is 27.7 Å². The van der Waals surface area contributed by atoms with E-state index in [1.165, 1.54) is 11.0 Å². The fourth-order valence-corrected chi connectivity index (χ4v) is 9.75. The van der Waals surface area contributed by atoms with E-state index in [9.17, 15) is 13.8 Å². The molecule has 8 rings (SSSR count). The summed E-state index contributed by atoms with van der Waals surface area (Å²) in [5.41, 5.74) is 2.61. The Bertz CT molecular complexity index is 2030. The van der Waals surface area contributed by atoms with Crippen LogP contribution in [0, 0.1) is 11.7 Å². The summed E-state index contributed by atoms with van der Waals surface area (Å²) >= 11 is 5.91. The molecule has 286 valence electrons. The molecule has 1 atom stereocenters. The van der Waals surface area contributed by atoms with Crippen LogP contribution >= 0.6 is 11.6 Å². The topological polar surface area (TPSA) is 132 Å². The van der Waals surface area contributed by atoms with E-state index in [4.69, 9.17) is 11.6 Å². The Hall–Kier alpha value is -4.18. The van der Waals surface area contributed by atoms with Crippen molar-refractivity contribution in [3.8, 4) is 0 Å². The van der Waals surface area contributed by atoms with E-state index in [0.717, 1.165) is 100 Å². The summed E-state index contributed by atoms with van der Waals surface area (Å²) in [4.78, 5) is 39.8.